The molecule has 7 heteroatoms. The normalized spacial score (nSPS) is 21.5. The Balaban J connectivity index is 1.51. The highest BCUT2D eigenvalue weighted by Gasteiger charge is 2.51. The predicted molar refractivity (Wildman–Crippen MR) is 99.8 cm³/mol. The number of hydrogen-bond donors (Lipinski definition) is 1. The van der Waals surface area contributed by atoms with E-state index in [1.54, 1.807) is 0 Å². The molecule has 1 saturated carbocycles. The monoisotopic (exact) mass is 365 g/mol. The molecule has 0 spiro atoms. The van der Waals surface area contributed by atoms with Crippen LogP contribution in [0.25, 0.3) is 0 Å². The van der Waals surface area contributed by atoms with Gasteiger partial charge in [0.25, 0.3) is 0 Å². The van der Waals surface area contributed by atoms with Gasteiger partial charge in [-0.2, -0.15) is 0 Å². The maximum atomic E-state index is 12.7. The first-order chi connectivity index (χ1) is 11.8. The zero-order valence-electron chi connectivity index (χ0n) is 15.0. The van der Waals surface area contributed by atoms with Crippen LogP contribution in [0.4, 0.5) is 5.69 Å². The highest BCUT2D eigenvalue weighted by atomic mass is 32.2. The molecule has 2 aliphatic rings. The van der Waals surface area contributed by atoms with Crippen molar-refractivity contribution in [2.75, 3.05) is 56.7 Å². The third-order valence-corrected chi connectivity index (χ3v) is 6.88. The van der Waals surface area contributed by atoms with E-state index in [0.717, 1.165) is 24.1 Å². The van der Waals surface area contributed by atoms with E-state index in [4.69, 9.17) is 0 Å². The van der Waals surface area contributed by atoms with Crippen LogP contribution in [0.5, 0.6) is 0 Å². The average Bonchev–Trinajstić information content (AvgIpc) is 3.38. The van der Waals surface area contributed by atoms with Crippen molar-refractivity contribution in [2.45, 2.75) is 18.3 Å². The minimum absolute atomic E-state index is 0.0923. The molecule has 2 fully saturated rings. The summed E-state index contributed by atoms with van der Waals surface area (Å²) in [4.78, 5) is 16.8. The molecular formula is C18H27N3O3S. The summed E-state index contributed by atoms with van der Waals surface area (Å²) in [7, 11) is 1.15. The zero-order valence-corrected chi connectivity index (χ0v) is 15.8. The van der Waals surface area contributed by atoms with Crippen molar-refractivity contribution in [1.29, 1.82) is 0 Å². The molecule has 0 atom stereocenters. The van der Waals surface area contributed by atoms with Gasteiger partial charge in [0.15, 0.2) is 9.84 Å². The Labute approximate surface area is 150 Å². The first kappa shape index (κ1) is 18.2. The summed E-state index contributed by atoms with van der Waals surface area (Å²) < 4.78 is 22.9. The molecule has 1 saturated heterocycles. The topological polar surface area (TPSA) is 69.7 Å². The molecule has 1 N–H and O–H groups in total. The Morgan fingerprint density at radius 3 is 2.28 bits per heavy atom. The van der Waals surface area contributed by atoms with E-state index < -0.39 is 9.84 Å². The quantitative estimate of drug-likeness (QED) is 0.801. The second-order valence-corrected chi connectivity index (χ2v) is 9.58. The summed E-state index contributed by atoms with van der Waals surface area (Å²) in [6, 6.07) is 8.21. The number of nitrogens with zero attached hydrogens (tertiary/aromatic N) is 2. The van der Waals surface area contributed by atoms with E-state index in [1.165, 1.54) is 0 Å². The van der Waals surface area contributed by atoms with Crippen molar-refractivity contribution in [2.24, 2.45) is 0 Å². The molecule has 1 aromatic rings. The van der Waals surface area contributed by atoms with E-state index in [2.05, 4.69) is 34.5 Å². The number of hydrogen-bond acceptors (Lipinski definition) is 5. The molecule has 0 unspecified atom stereocenters. The highest BCUT2D eigenvalue weighted by molar-refractivity contribution is 7.91. The summed E-state index contributed by atoms with van der Waals surface area (Å²) in [6.07, 6.45) is 1.78. The minimum atomic E-state index is -2.85. The van der Waals surface area contributed by atoms with Crippen molar-refractivity contribution in [1.82, 2.24) is 10.2 Å². The second kappa shape index (κ2) is 6.96. The third kappa shape index (κ3) is 4.15. The maximum absolute atomic E-state index is 12.7. The van der Waals surface area contributed by atoms with Crippen LogP contribution in [-0.2, 0) is 20.0 Å². The largest absolute Gasteiger partial charge is 0.378 e. The van der Waals surface area contributed by atoms with Gasteiger partial charge in [0.05, 0.1) is 16.9 Å². The summed E-state index contributed by atoms with van der Waals surface area (Å²) in [5.41, 5.74) is 1.84. The van der Waals surface area contributed by atoms with E-state index >= 15 is 0 Å². The van der Waals surface area contributed by atoms with Gasteiger partial charge in [-0.25, -0.2) is 8.42 Å². The lowest BCUT2D eigenvalue weighted by Gasteiger charge is -2.26. The molecule has 0 bridgehead atoms. The van der Waals surface area contributed by atoms with Crippen LogP contribution in [0.15, 0.2) is 24.3 Å². The Hall–Kier alpha value is -1.60. The summed E-state index contributed by atoms with van der Waals surface area (Å²) >= 11 is 0. The first-order valence-corrected chi connectivity index (χ1v) is 10.6. The molecule has 0 radical (unpaired) electrons. The molecule has 1 aliphatic heterocycles. The van der Waals surface area contributed by atoms with Gasteiger partial charge >= 0.3 is 0 Å². The van der Waals surface area contributed by atoms with Gasteiger partial charge in [0.1, 0.15) is 0 Å². The number of carbonyl (C=O) groups is 1. The van der Waals surface area contributed by atoms with Crippen molar-refractivity contribution in [3.63, 3.8) is 0 Å². The maximum Gasteiger partial charge on any atom is 0.230 e. The average molecular weight is 365 g/mol. The molecule has 138 valence electrons. The Kier molecular flexibility index (Phi) is 5.06. The fraction of sp³-hybridized carbons (Fsp3) is 0.611. The number of amides is 1. The van der Waals surface area contributed by atoms with Crippen LogP contribution >= 0.6 is 0 Å². The van der Waals surface area contributed by atoms with Crippen LogP contribution in [0.1, 0.15) is 18.4 Å². The number of anilines is 1. The van der Waals surface area contributed by atoms with Gasteiger partial charge in [-0.15, -0.1) is 0 Å². The van der Waals surface area contributed by atoms with Crippen LogP contribution in [0, 0.1) is 0 Å². The van der Waals surface area contributed by atoms with Gasteiger partial charge in [0.2, 0.25) is 5.91 Å². The molecule has 6 nitrogen and oxygen atoms in total. The van der Waals surface area contributed by atoms with Gasteiger partial charge in [0, 0.05) is 46.0 Å². The smallest absolute Gasteiger partial charge is 0.230 e. The van der Waals surface area contributed by atoms with Crippen molar-refractivity contribution in [3.8, 4) is 0 Å². The standard InChI is InChI=1S/C18H27N3O3S/c1-20(2)16-5-3-15(4-6-16)18(7-8-18)17(22)19-9-10-21-11-13-25(23,24)14-12-21/h3-6H,7-14H2,1-2H3,(H,19,22). The second-order valence-electron chi connectivity index (χ2n) is 7.27. The SMILES string of the molecule is CN(C)c1ccc(C2(C(=O)NCCN3CCS(=O)(=O)CC3)CC2)cc1. The van der Waals surface area contributed by atoms with E-state index in [1.807, 2.05) is 19.0 Å². The van der Waals surface area contributed by atoms with E-state index in [9.17, 15) is 13.2 Å². The fourth-order valence-electron chi connectivity index (χ4n) is 3.32. The number of benzene rings is 1. The Bertz CT molecular complexity index is 710. The Morgan fingerprint density at radius 2 is 1.76 bits per heavy atom. The lowest BCUT2D eigenvalue weighted by molar-refractivity contribution is -0.123. The molecule has 3 rings (SSSR count). The zero-order chi connectivity index (χ0) is 18.1. The lowest BCUT2D eigenvalue weighted by atomic mass is 9.94. The van der Waals surface area contributed by atoms with E-state index in [0.29, 0.717) is 26.2 Å². The minimum Gasteiger partial charge on any atom is -0.378 e. The highest BCUT2D eigenvalue weighted by Crippen LogP contribution is 2.48. The Morgan fingerprint density at radius 1 is 1.16 bits per heavy atom. The predicted octanol–water partition coefficient (Wildman–Crippen LogP) is 0.631. The van der Waals surface area contributed by atoms with Crippen LogP contribution < -0.4 is 10.2 Å². The van der Waals surface area contributed by atoms with Crippen LogP contribution in [0.2, 0.25) is 0 Å². The van der Waals surface area contributed by atoms with Crippen LogP contribution in [-0.4, -0.2) is 71.0 Å². The molecule has 1 aromatic carbocycles. The number of sulfone groups is 1. The van der Waals surface area contributed by atoms with Crippen molar-refractivity contribution < 1.29 is 13.2 Å². The van der Waals surface area contributed by atoms with Crippen molar-refractivity contribution >= 4 is 21.4 Å². The molecule has 0 aromatic heterocycles. The number of carbonyl (C=O) groups excluding carboxylic acids is 1. The first-order valence-electron chi connectivity index (χ1n) is 8.81. The lowest BCUT2D eigenvalue weighted by Crippen LogP contribution is -2.45. The van der Waals surface area contributed by atoms with Crippen LogP contribution in [0.3, 0.4) is 0 Å². The molecule has 1 heterocycles. The summed E-state index contributed by atoms with van der Waals surface area (Å²) in [6.45, 7) is 2.40. The van der Waals surface area contributed by atoms with E-state index in [-0.39, 0.29) is 22.8 Å². The molecule has 25 heavy (non-hydrogen) atoms. The van der Waals surface area contributed by atoms with Crippen molar-refractivity contribution in [3.05, 3.63) is 29.8 Å². The third-order valence-electron chi connectivity index (χ3n) is 5.27. The fourth-order valence-corrected chi connectivity index (χ4v) is 4.60. The molecule has 1 amide bonds. The summed E-state index contributed by atoms with van der Waals surface area (Å²) in [5.74, 6) is 0.543. The number of rotatable bonds is 6. The molecular weight excluding hydrogens is 338 g/mol. The van der Waals surface area contributed by atoms with Gasteiger partial charge in [-0.05, 0) is 30.5 Å². The van der Waals surface area contributed by atoms with Gasteiger partial charge in [-0.1, -0.05) is 12.1 Å². The summed E-state index contributed by atoms with van der Waals surface area (Å²) in [5, 5.41) is 3.05. The molecule has 1 aliphatic carbocycles. The van der Waals surface area contributed by atoms with Gasteiger partial charge < -0.3 is 10.2 Å². The van der Waals surface area contributed by atoms with Gasteiger partial charge in [-0.3, -0.25) is 9.69 Å². The number of nitrogens with one attached hydrogen (secondary N) is 1.